The van der Waals surface area contributed by atoms with E-state index in [1.807, 2.05) is 99.1 Å². The Labute approximate surface area is 214 Å². The summed E-state index contributed by atoms with van der Waals surface area (Å²) in [6.45, 7) is 5.86. The zero-order valence-corrected chi connectivity index (χ0v) is 21.5. The molecule has 1 N–H and O–H groups in total. The third-order valence-electron chi connectivity index (χ3n) is 7.00. The van der Waals surface area contributed by atoms with Crippen LogP contribution in [0.15, 0.2) is 76.3 Å². The number of nitrogens with one attached hydrogen (secondary N) is 1. The molecular formula is C30H30N4O3. The first-order valence-electron chi connectivity index (χ1n) is 12.4. The molecule has 0 atom stereocenters. The molecule has 0 aliphatic rings. The lowest BCUT2D eigenvalue weighted by Crippen LogP contribution is -2.42. The Morgan fingerprint density at radius 1 is 0.892 bits per heavy atom. The number of para-hydroxylation sites is 1. The summed E-state index contributed by atoms with van der Waals surface area (Å²) in [6, 6.07) is 21.2. The maximum Gasteiger partial charge on any atom is 0.332 e. The second kappa shape index (κ2) is 9.58. The summed E-state index contributed by atoms with van der Waals surface area (Å²) in [6.07, 6.45) is 0.770. The van der Waals surface area contributed by atoms with E-state index in [9.17, 15) is 14.4 Å². The molecule has 1 amide bonds. The Balaban J connectivity index is 1.72. The van der Waals surface area contributed by atoms with Gasteiger partial charge in [-0.15, -0.1) is 0 Å². The van der Waals surface area contributed by atoms with Gasteiger partial charge in [-0.3, -0.25) is 18.7 Å². The van der Waals surface area contributed by atoms with Crippen LogP contribution in [0, 0.1) is 13.8 Å². The average Bonchev–Trinajstić information content (AvgIpc) is 3.17. The molecule has 7 heteroatoms. The van der Waals surface area contributed by atoms with Gasteiger partial charge in [0.2, 0.25) is 5.91 Å². The largest absolute Gasteiger partial charge is 0.338 e. The van der Waals surface area contributed by atoms with Gasteiger partial charge < -0.3 is 9.88 Å². The average molecular weight is 495 g/mol. The van der Waals surface area contributed by atoms with E-state index >= 15 is 0 Å². The number of benzene rings is 3. The highest BCUT2D eigenvalue weighted by atomic mass is 16.2. The van der Waals surface area contributed by atoms with Crippen LogP contribution in [-0.2, 0) is 31.4 Å². The molecule has 0 radical (unpaired) electrons. The van der Waals surface area contributed by atoms with Crippen molar-refractivity contribution < 1.29 is 4.79 Å². The minimum Gasteiger partial charge on any atom is -0.338 e. The highest BCUT2D eigenvalue weighted by Crippen LogP contribution is 2.27. The number of fused-ring (bicyclic) bond motifs is 3. The summed E-state index contributed by atoms with van der Waals surface area (Å²) in [4.78, 5) is 41.0. The molecule has 0 saturated carbocycles. The molecule has 7 nitrogen and oxygen atoms in total. The molecule has 0 unspecified atom stereocenters. The van der Waals surface area contributed by atoms with E-state index in [-0.39, 0.29) is 24.6 Å². The molecular weight excluding hydrogens is 464 g/mol. The Morgan fingerprint density at radius 2 is 1.65 bits per heavy atom. The summed E-state index contributed by atoms with van der Waals surface area (Å²) in [7, 11) is 1.82. The maximum atomic E-state index is 13.9. The normalized spacial score (nSPS) is 11.4. The van der Waals surface area contributed by atoms with E-state index < -0.39 is 5.69 Å². The van der Waals surface area contributed by atoms with Crippen molar-refractivity contribution in [3.63, 3.8) is 0 Å². The monoisotopic (exact) mass is 494 g/mol. The van der Waals surface area contributed by atoms with E-state index in [4.69, 9.17) is 0 Å². The lowest BCUT2D eigenvalue weighted by Gasteiger charge is -2.16. The number of anilines is 1. The number of rotatable bonds is 6. The fourth-order valence-electron chi connectivity index (χ4n) is 5.09. The Bertz CT molecular complexity index is 1780. The van der Waals surface area contributed by atoms with Crippen LogP contribution < -0.4 is 16.6 Å². The number of amides is 1. The van der Waals surface area contributed by atoms with Crippen LogP contribution in [0.3, 0.4) is 0 Å². The first kappa shape index (κ1) is 24.3. The van der Waals surface area contributed by atoms with Crippen LogP contribution in [-0.4, -0.2) is 19.6 Å². The summed E-state index contributed by atoms with van der Waals surface area (Å²) >= 11 is 0. The van der Waals surface area contributed by atoms with Crippen molar-refractivity contribution in [1.82, 2.24) is 13.7 Å². The third kappa shape index (κ3) is 4.27. The molecule has 37 heavy (non-hydrogen) atoms. The number of nitrogens with zero attached hydrogens (tertiary/aromatic N) is 3. The molecule has 0 aliphatic heterocycles. The quantitative estimate of drug-likeness (QED) is 0.377. The number of carbonyl (C=O) groups is 1. The van der Waals surface area contributed by atoms with Crippen molar-refractivity contribution >= 4 is 33.5 Å². The Hall–Kier alpha value is -4.39. The van der Waals surface area contributed by atoms with Crippen molar-refractivity contribution in [2.24, 2.45) is 7.05 Å². The number of aromatic nitrogens is 3. The van der Waals surface area contributed by atoms with Gasteiger partial charge >= 0.3 is 5.69 Å². The van der Waals surface area contributed by atoms with Crippen molar-refractivity contribution in [3.05, 3.63) is 110 Å². The molecule has 2 aromatic heterocycles. The molecule has 0 bridgehead atoms. The standard InChI is InChI=1S/C30H30N4O3/c1-5-22-13-9-10-20(3)26(22)31-25(35)18-33-27-23-16-19(2)14-15-24(23)32(4)28(27)29(36)34(30(33)37)17-21-11-7-6-8-12-21/h6-16H,5,17-18H2,1-4H3,(H,31,35). The van der Waals surface area contributed by atoms with E-state index in [2.05, 4.69) is 5.32 Å². The fraction of sp³-hybridized carbons (Fsp3) is 0.233. The van der Waals surface area contributed by atoms with Gasteiger partial charge in [0.05, 0.1) is 17.6 Å². The SMILES string of the molecule is CCc1cccc(C)c1NC(=O)Cn1c(=O)n(Cc2ccccc2)c(=O)c2c1c1cc(C)ccc1n2C. The second-order valence-corrected chi connectivity index (χ2v) is 9.53. The lowest BCUT2D eigenvalue weighted by atomic mass is 10.1. The predicted molar refractivity (Wildman–Crippen MR) is 148 cm³/mol. The van der Waals surface area contributed by atoms with E-state index in [0.717, 1.165) is 45.3 Å². The number of hydrogen-bond donors (Lipinski definition) is 1. The molecule has 5 rings (SSSR count). The number of hydrogen-bond acceptors (Lipinski definition) is 3. The van der Waals surface area contributed by atoms with Crippen LogP contribution in [0.4, 0.5) is 5.69 Å². The molecule has 5 aromatic rings. The molecule has 3 aromatic carbocycles. The summed E-state index contributed by atoms with van der Waals surface area (Å²) in [5.74, 6) is -0.318. The van der Waals surface area contributed by atoms with Crippen molar-refractivity contribution in [3.8, 4) is 0 Å². The van der Waals surface area contributed by atoms with E-state index in [0.29, 0.717) is 11.0 Å². The van der Waals surface area contributed by atoms with Gasteiger partial charge in [0.15, 0.2) is 0 Å². The summed E-state index contributed by atoms with van der Waals surface area (Å²) in [5.41, 5.74) is 5.42. The van der Waals surface area contributed by atoms with Crippen LogP contribution in [0.2, 0.25) is 0 Å². The molecule has 0 aliphatic carbocycles. The summed E-state index contributed by atoms with van der Waals surface area (Å²) < 4.78 is 4.49. The van der Waals surface area contributed by atoms with E-state index in [1.165, 1.54) is 9.13 Å². The molecule has 0 spiro atoms. The van der Waals surface area contributed by atoms with E-state index in [1.54, 1.807) is 0 Å². The molecule has 188 valence electrons. The zero-order chi connectivity index (χ0) is 26.3. The maximum absolute atomic E-state index is 13.9. The predicted octanol–water partition coefficient (Wildman–Crippen LogP) is 4.52. The van der Waals surface area contributed by atoms with Crippen LogP contribution in [0.5, 0.6) is 0 Å². The smallest absolute Gasteiger partial charge is 0.332 e. The van der Waals surface area contributed by atoms with Crippen LogP contribution >= 0.6 is 0 Å². The highest BCUT2D eigenvalue weighted by molar-refractivity contribution is 6.06. The van der Waals surface area contributed by atoms with Crippen LogP contribution in [0.25, 0.3) is 21.9 Å². The minimum atomic E-state index is -0.508. The Morgan fingerprint density at radius 3 is 2.38 bits per heavy atom. The van der Waals surface area contributed by atoms with Gasteiger partial charge in [-0.25, -0.2) is 4.79 Å². The first-order chi connectivity index (χ1) is 17.8. The van der Waals surface area contributed by atoms with Crippen molar-refractivity contribution in [2.45, 2.75) is 40.3 Å². The highest BCUT2D eigenvalue weighted by Gasteiger charge is 2.22. The number of carbonyl (C=O) groups excluding carboxylic acids is 1. The second-order valence-electron chi connectivity index (χ2n) is 9.53. The molecule has 0 saturated heterocycles. The number of aryl methyl sites for hydroxylation is 4. The summed E-state index contributed by atoms with van der Waals surface area (Å²) in [5, 5.41) is 3.80. The van der Waals surface area contributed by atoms with Crippen LogP contribution in [0.1, 0.15) is 29.2 Å². The molecule has 0 fully saturated rings. The molecule has 2 heterocycles. The van der Waals surface area contributed by atoms with Gasteiger partial charge in [-0.1, -0.05) is 67.1 Å². The van der Waals surface area contributed by atoms with Gasteiger partial charge in [-0.05, 0) is 49.1 Å². The first-order valence-corrected chi connectivity index (χ1v) is 12.4. The lowest BCUT2D eigenvalue weighted by molar-refractivity contribution is -0.116. The zero-order valence-electron chi connectivity index (χ0n) is 21.5. The van der Waals surface area contributed by atoms with Gasteiger partial charge in [0, 0.05) is 18.1 Å². The van der Waals surface area contributed by atoms with Gasteiger partial charge in [0.25, 0.3) is 5.56 Å². The van der Waals surface area contributed by atoms with Crippen molar-refractivity contribution in [2.75, 3.05) is 5.32 Å². The van der Waals surface area contributed by atoms with Gasteiger partial charge in [-0.2, -0.15) is 0 Å². The third-order valence-corrected chi connectivity index (χ3v) is 7.00. The van der Waals surface area contributed by atoms with Gasteiger partial charge in [0.1, 0.15) is 12.1 Å². The Kier molecular flexibility index (Phi) is 6.29. The topological polar surface area (TPSA) is 78.0 Å². The minimum absolute atomic E-state index is 0.119. The fourth-order valence-corrected chi connectivity index (χ4v) is 5.09. The van der Waals surface area contributed by atoms with Crippen molar-refractivity contribution in [1.29, 1.82) is 0 Å².